The van der Waals surface area contributed by atoms with Crippen LogP contribution in [0.1, 0.15) is 406 Å². The van der Waals surface area contributed by atoms with Gasteiger partial charge in [-0.3, -0.25) is 32.5 Å². The molecule has 0 amide bonds. The molecule has 664 valence electrons. The minimum atomic E-state index is -4.94. The number of carbonyl (C=O) groups excluding carboxylic acids is 3. The third kappa shape index (κ3) is 90.3. The molecule has 0 bridgehead atoms. The molecule has 0 aromatic carbocycles. The van der Waals surface area contributed by atoms with E-state index in [1.165, 1.54) is 193 Å². The molecule has 0 aliphatic heterocycles. The standard InChI is InChI=1S/C97H170O16P2/c1-4-7-10-13-16-19-22-25-28-31-33-35-37-39-41-42-43-44-45-46-47-48-50-52-53-55-57-60-62-65-68-71-74-77-80-83-95(100)107-86-92(98)87-109-114(103,104)110-88-93(99)89-111-115(105,106)112-91-94(113-97(102)85-82-79-76-73-70-67-64-59-30-27-24-21-18-15-12-9-6-3)90-108-96(101)84-81-78-75-72-69-66-63-61-58-56-54-51-49-40-38-36-34-32-29-26-23-20-17-14-11-8-5-2/h9,12,16-21,25-30,33-36,39-41,49,92-94,98-99H,4-8,10-11,13-15,22-24,31-32,37-38,42-48,50-91H2,1-3H3,(H,103,104)(H,105,106)/b12-9-,19-16-,20-17-,21-18-,28-25-,29-26-,30-27-,35-33-,36-34-,41-39-,49-40-. The van der Waals surface area contributed by atoms with E-state index < -0.39 is 91.5 Å². The second-order valence-electron chi connectivity index (χ2n) is 31.1. The lowest BCUT2D eigenvalue weighted by Gasteiger charge is -2.21. The fourth-order valence-corrected chi connectivity index (χ4v) is 14.4. The van der Waals surface area contributed by atoms with Crippen LogP contribution in [0.2, 0.25) is 0 Å². The van der Waals surface area contributed by atoms with E-state index in [-0.39, 0.29) is 19.3 Å². The summed E-state index contributed by atoms with van der Waals surface area (Å²) in [7, 11) is -9.80. The van der Waals surface area contributed by atoms with Gasteiger partial charge in [-0.25, -0.2) is 9.13 Å². The van der Waals surface area contributed by atoms with E-state index in [1.807, 2.05) is 0 Å². The summed E-state index contributed by atoms with van der Waals surface area (Å²) in [6.07, 6.45) is 111. The summed E-state index contributed by atoms with van der Waals surface area (Å²) >= 11 is 0. The summed E-state index contributed by atoms with van der Waals surface area (Å²) < 4.78 is 61.4. The third-order valence-electron chi connectivity index (χ3n) is 19.8. The Hall–Kier alpha value is -4.31. The van der Waals surface area contributed by atoms with Crippen molar-refractivity contribution in [2.75, 3.05) is 39.6 Å². The van der Waals surface area contributed by atoms with Gasteiger partial charge in [0.15, 0.2) is 6.10 Å². The van der Waals surface area contributed by atoms with Gasteiger partial charge in [-0.15, -0.1) is 0 Å². The summed E-state index contributed by atoms with van der Waals surface area (Å²) in [6.45, 7) is 2.56. The van der Waals surface area contributed by atoms with Gasteiger partial charge in [0.25, 0.3) is 0 Å². The Labute approximate surface area is 703 Å². The van der Waals surface area contributed by atoms with Crippen LogP contribution in [0.4, 0.5) is 0 Å². The molecule has 0 rings (SSSR count). The minimum Gasteiger partial charge on any atom is -0.463 e. The molecule has 0 aliphatic rings. The largest absolute Gasteiger partial charge is 0.472 e. The number of hydrogen-bond donors (Lipinski definition) is 4. The number of hydrogen-bond acceptors (Lipinski definition) is 14. The molecule has 0 radical (unpaired) electrons. The quantitative estimate of drug-likeness (QED) is 0.0146. The van der Waals surface area contributed by atoms with Crippen molar-refractivity contribution in [3.63, 3.8) is 0 Å². The number of aliphatic hydroxyl groups excluding tert-OH is 2. The van der Waals surface area contributed by atoms with Crippen LogP contribution in [0, 0.1) is 0 Å². The number of aliphatic hydroxyl groups is 2. The number of ether oxygens (including phenoxy) is 3. The van der Waals surface area contributed by atoms with E-state index in [2.05, 4.69) is 154 Å². The van der Waals surface area contributed by atoms with Crippen molar-refractivity contribution in [2.24, 2.45) is 0 Å². The van der Waals surface area contributed by atoms with Crippen molar-refractivity contribution < 1.29 is 75.8 Å². The van der Waals surface area contributed by atoms with Crippen molar-refractivity contribution in [1.82, 2.24) is 0 Å². The van der Waals surface area contributed by atoms with Gasteiger partial charge in [-0.2, -0.15) is 0 Å². The summed E-state index contributed by atoms with van der Waals surface area (Å²) in [5.41, 5.74) is 0. The van der Waals surface area contributed by atoms with E-state index in [0.29, 0.717) is 19.3 Å². The average molecular weight is 1650 g/mol. The summed E-state index contributed by atoms with van der Waals surface area (Å²) in [5, 5.41) is 20.7. The summed E-state index contributed by atoms with van der Waals surface area (Å²) in [4.78, 5) is 58.9. The first-order valence-electron chi connectivity index (χ1n) is 46.5. The van der Waals surface area contributed by atoms with Crippen LogP contribution in [0.15, 0.2) is 134 Å². The molecule has 115 heavy (non-hydrogen) atoms. The van der Waals surface area contributed by atoms with Crippen molar-refractivity contribution in [2.45, 2.75) is 424 Å². The predicted octanol–water partition coefficient (Wildman–Crippen LogP) is 28.6. The molecule has 0 spiro atoms. The van der Waals surface area contributed by atoms with Crippen LogP contribution < -0.4 is 0 Å². The third-order valence-corrected chi connectivity index (χ3v) is 21.7. The van der Waals surface area contributed by atoms with Gasteiger partial charge in [-0.05, 0) is 141 Å². The molecular weight excluding hydrogens is 1480 g/mol. The van der Waals surface area contributed by atoms with Crippen molar-refractivity contribution in [1.29, 1.82) is 0 Å². The highest BCUT2D eigenvalue weighted by Crippen LogP contribution is 2.45. The van der Waals surface area contributed by atoms with Crippen molar-refractivity contribution in [3.8, 4) is 0 Å². The molecule has 0 fully saturated rings. The molecule has 5 unspecified atom stereocenters. The fraction of sp³-hybridized carbons (Fsp3) is 0.742. The summed E-state index contributed by atoms with van der Waals surface area (Å²) in [5.74, 6) is -1.58. The highest BCUT2D eigenvalue weighted by Gasteiger charge is 2.29. The first-order valence-corrected chi connectivity index (χ1v) is 49.5. The maximum Gasteiger partial charge on any atom is 0.472 e. The zero-order chi connectivity index (χ0) is 83.6. The molecule has 0 aromatic rings. The number of phosphoric ester groups is 2. The second-order valence-corrected chi connectivity index (χ2v) is 34.0. The SMILES string of the molecule is CC/C=C\C/C=C\C/C=C\CCCCCCCCCC(=O)OC(COC(=O)CCCCCCCCCCCCC/C=C\C/C=C\C/C=C\C/C=C\CCCCC)COP(=O)(O)OCC(O)COP(=O)(O)OCC(O)COC(=O)CCCCCCCCCCCCCCCCCCCCC/C=C\C/C=C\C/C=C\C/C=C\CCCCC. The number of allylic oxidation sites excluding steroid dienone is 22. The maximum absolute atomic E-state index is 13.0. The highest BCUT2D eigenvalue weighted by atomic mass is 31.2. The number of unbranched alkanes of at least 4 members (excludes halogenated alkanes) is 43. The van der Waals surface area contributed by atoms with Gasteiger partial charge in [0.05, 0.1) is 26.4 Å². The monoisotopic (exact) mass is 1650 g/mol. The van der Waals surface area contributed by atoms with Crippen molar-refractivity contribution >= 4 is 33.6 Å². The first kappa shape index (κ1) is 111. The van der Waals surface area contributed by atoms with Crippen LogP contribution in [0.5, 0.6) is 0 Å². The van der Waals surface area contributed by atoms with Crippen molar-refractivity contribution in [3.05, 3.63) is 134 Å². The normalized spacial score (nSPS) is 14.4. The molecule has 18 heteroatoms. The van der Waals surface area contributed by atoms with Gasteiger partial charge in [0.2, 0.25) is 0 Å². The molecule has 0 aliphatic carbocycles. The Morgan fingerprint density at radius 1 is 0.252 bits per heavy atom. The van der Waals surface area contributed by atoms with E-state index in [9.17, 15) is 43.5 Å². The molecular formula is C97H170O16P2. The first-order chi connectivity index (χ1) is 56.2. The number of carbonyl (C=O) groups is 3. The second kappa shape index (κ2) is 89.0. The molecule has 0 saturated carbocycles. The zero-order valence-electron chi connectivity index (χ0n) is 73.2. The molecule has 0 heterocycles. The smallest absolute Gasteiger partial charge is 0.463 e. The highest BCUT2D eigenvalue weighted by molar-refractivity contribution is 7.47. The fourth-order valence-electron chi connectivity index (χ4n) is 12.8. The maximum atomic E-state index is 13.0. The van der Waals surface area contributed by atoms with Crippen LogP contribution in [-0.4, -0.2) is 95.9 Å². The van der Waals surface area contributed by atoms with Gasteiger partial charge >= 0.3 is 33.6 Å². The van der Waals surface area contributed by atoms with E-state index in [0.717, 1.165) is 154 Å². The van der Waals surface area contributed by atoms with E-state index >= 15 is 0 Å². The molecule has 5 atom stereocenters. The molecule has 4 N–H and O–H groups in total. The zero-order valence-corrected chi connectivity index (χ0v) is 75.0. The number of phosphoric acid groups is 2. The lowest BCUT2D eigenvalue weighted by molar-refractivity contribution is -0.161. The average Bonchev–Trinajstić information content (AvgIpc) is 0.889. The minimum absolute atomic E-state index is 0.0914. The summed E-state index contributed by atoms with van der Waals surface area (Å²) in [6, 6.07) is 0. The Morgan fingerprint density at radius 2 is 0.461 bits per heavy atom. The van der Waals surface area contributed by atoms with Crippen LogP contribution in [0.3, 0.4) is 0 Å². The van der Waals surface area contributed by atoms with E-state index in [1.54, 1.807) is 0 Å². The van der Waals surface area contributed by atoms with E-state index in [4.69, 9.17) is 32.3 Å². The number of esters is 3. The Morgan fingerprint density at radius 3 is 0.730 bits per heavy atom. The molecule has 0 aromatic heterocycles. The Bertz CT molecular complexity index is 2620. The topological polar surface area (TPSA) is 231 Å². The Kier molecular flexibility index (Phi) is 85.6. The number of rotatable bonds is 88. The van der Waals surface area contributed by atoms with Crippen LogP contribution >= 0.6 is 15.6 Å². The lowest BCUT2D eigenvalue weighted by atomic mass is 10.0. The molecule has 0 saturated heterocycles. The predicted molar refractivity (Wildman–Crippen MR) is 482 cm³/mol. The molecule has 16 nitrogen and oxygen atoms in total. The van der Waals surface area contributed by atoms with Gasteiger partial charge < -0.3 is 34.2 Å². The van der Waals surface area contributed by atoms with Crippen LogP contribution in [-0.2, 0) is 55.8 Å². The van der Waals surface area contributed by atoms with Gasteiger partial charge in [0, 0.05) is 19.3 Å². The van der Waals surface area contributed by atoms with Gasteiger partial charge in [0.1, 0.15) is 25.4 Å². The van der Waals surface area contributed by atoms with Gasteiger partial charge in [-0.1, -0.05) is 379 Å². The Balaban J connectivity index is 4.46. The van der Waals surface area contributed by atoms with Crippen LogP contribution in [0.25, 0.3) is 0 Å². The lowest BCUT2D eigenvalue weighted by Crippen LogP contribution is -2.30.